The second kappa shape index (κ2) is 11.8. The lowest BCUT2D eigenvalue weighted by Crippen LogP contribution is -2.43. The van der Waals surface area contributed by atoms with Crippen LogP contribution in [0.1, 0.15) is 31.7 Å². The molecule has 3 aliphatic heterocycles. The fraction of sp³-hybridized carbons (Fsp3) is 0.406. The highest BCUT2D eigenvalue weighted by molar-refractivity contribution is 7.23. The maximum Gasteiger partial charge on any atom is 0.319 e. The highest BCUT2D eigenvalue weighted by Crippen LogP contribution is 2.51. The first kappa shape index (κ1) is 31.5. The molecule has 0 radical (unpaired) electrons. The van der Waals surface area contributed by atoms with Crippen molar-refractivity contribution in [2.75, 3.05) is 43.5 Å². The van der Waals surface area contributed by atoms with Crippen molar-refractivity contribution < 1.29 is 31.4 Å². The van der Waals surface area contributed by atoms with Gasteiger partial charge in [0.25, 0.3) is 6.43 Å². The Morgan fingerprint density at radius 2 is 2.09 bits per heavy atom. The van der Waals surface area contributed by atoms with Crippen LogP contribution in [0.15, 0.2) is 12.1 Å². The largest absolute Gasteiger partial charge is 0.488 e. The molecule has 0 spiro atoms. The van der Waals surface area contributed by atoms with Crippen LogP contribution in [0.25, 0.3) is 32.1 Å². The lowest BCUT2D eigenvalue weighted by molar-refractivity contribution is 0.107. The Morgan fingerprint density at radius 3 is 2.83 bits per heavy atom. The molecule has 3 atom stereocenters. The third-order valence-corrected chi connectivity index (χ3v) is 10.4. The summed E-state index contributed by atoms with van der Waals surface area (Å²) in [4.78, 5) is 12.1. The van der Waals surface area contributed by atoms with Crippen LogP contribution in [-0.4, -0.2) is 71.9 Å². The molecule has 47 heavy (non-hydrogen) atoms. The molecule has 2 aromatic carbocycles. The predicted molar refractivity (Wildman–Crippen MR) is 169 cm³/mol. The number of nitrogen functional groups attached to an aromatic ring is 1. The van der Waals surface area contributed by atoms with Crippen molar-refractivity contribution in [3.63, 3.8) is 0 Å². The van der Waals surface area contributed by atoms with Crippen molar-refractivity contribution in [1.82, 2.24) is 14.9 Å². The number of ether oxygens (including phenoxy) is 2. The van der Waals surface area contributed by atoms with Gasteiger partial charge in [0.2, 0.25) is 0 Å². The molecule has 0 saturated carbocycles. The number of rotatable bonds is 6. The van der Waals surface area contributed by atoms with Crippen molar-refractivity contribution >= 4 is 54.7 Å². The molecule has 2 aromatic heterocycles. The number of alkyl halides is 3. The van der Waals surface area contributed by atoms with Crippen LogP contribution in [0.5, 0.6) is 11.8 Å². The topological polar surface area (TPSA) is 101 Å². The van der Waals surface area contributed by atoms with Crippen molar-refractivity contribution in [1.29, 1.82) is 5.26 Å². The summed E-state index contributed by atoms with van der Waals surface area (Å²) in [5.41, 5.74) is 4.80. The summed E-state index contributed by atoms with van der Waals surface area (Å²) in [5, 5.41) is 9.61. The van der Waals surface area contributed by atoms with E-state index in [1.807, 2.05) is 11.0 Å². The van der Waals surface area contributed by atoms with Crippen LogP contribution in [0.3, 0.4) is 0 Å². The van der Waals surface area contributed by atoms with Gasteiger partial charge in [0.05, 0.1) is 32.8 Å². The van der Waals surface area contributed by atoms with Gasteiger partial charge in [0.15, 0.2) is 11.6 Å². The second-order valence-electron chi connectivity index (χ2n) is 11.8. The molecule has 15 heteroatoms. The van der Waals surface area contributed by atoms with Gasteiger partial charge in [-0.1, -0.05) is 23.6 Å². The summed E-state index contributed by atoms with van der Waals surface area (Å²) < 4.78 is 86.7. The molecule has 4 aromatic rings. The quantitative estimate of drug-likeness (QED) is 0.176. The summed E-state index contributed by atoms with van der Waals surface area (Å²) in [5.74, 6) is 3.68. The number of hydrogen-bond donors (Lipinski definition) is 1. The standard InChI is InChI=1S/C32H26ClF5N6O2S/c1-2-4-16-13-45-27-23-26(25(38)22(24(27)33)17-5-6-19(35)28-21(17)18(10-39)29(40)47-28)41-31(42-30(23)44(16)12-20(36)37)46-14-32-7-3-8-43(32)11-15(34)9-32/h5-6,15-16,20H,3,7-9,11-14,40H2,1H3/t15-,16?,32+/m1/s1. The molecule has 2 saturated heterocycles. The Bertz CT molecular complexity index is 2040. The van der Waals surface area contributed by atoms with E-state index >= 15 is 4.39 Å². The number of anilines is 2. The molecule has 7 rings (SSSR count). The molecule has 3 aliphatic rings. The van der Waals surface area contributed by atoms with Gasteiger partial charge >= 0.3 is 6.01 Å². The lowest BCUT2D eigenvalue weighted by atomic mass is 9.95. The summed E-state index contributed by atoms with van der Waals surface area (Å²) >= 11 is 7.72. The van der Waals surface area contributed by atoms with Crippen molar-refractivity contribution in [3.05, 3.63) is 34.4 Å². The van der Waals surface area contributed by atoms with E-state index in [4.69, 9.17) is 26.8 Å². The van der Waals surface area contributed by atoms with E-state index in [0.717, 1.165) is 23.8 Å². The van der Waals surface area contributed by atoms with Gasteiger partial charge in [-0.2, -0.15) is 15.2 Å². The third kappa shape index (κ3) is 5.05. The highest BCUT2D eigenvalue weighted by Gasteiger charge is 2.49. The van der Waals surface area contributed by atoms with Gasteiger partial charge in [-0.25, -0.2) is 22.0 Å². The Kier molecular flexibility index (Phi) is 7.94. The number of nitrogens with two attached hydrogens (primary N) is 1. The van der Waals surface area contributed by atoms with Crippen molar-refractivity contribution in [2.45, 2.75) is 50.4 Å². The van der Waals surface area contributed by atoms with Gasteiger partial charge < -0.3 is 20.1 Å². The first-order chi connectivity index (χ1) is 22.6. The van der Waals surface area contributed by atoms with Crippen LogP contribution in [-0.2, 0) is 0 Å². The first-order valence-corrected chi connectivity index (χ1v) is 16.0. The number of halogens is 6. The molecule has 0 aliphatic carbocycles. The van der Waals surface area contributed by atoms with E-state index in [9.17, 15) is 22.8 Å². The van der Waals surface area contributed by atoms with E-state index in [0.29, 0.717) is 13.0 Å². The molecule has 0 amide bonds. The molecular weight excluding hydrogens is 663 g/mol. The normalized spacial score (nSPS) is 22.2. The molecule has 5 heterocycles. The maximum atomic E-state index is 17.0. The Hall–Kier alpha value is -4.11. The smallest absolute Gasteiger partial charge is 0.319 e. The Morgan fingerprint density at radius 1 is 1.28 bits per heavy atom. The van der Waals surface area contributed by atoms with Crippen LogP contribution in [0.2, 0.25) is 5.02 Å². The predicted octanol–water partition coefficient (Wildman–Crippen LogP) is 6.71. The van der Waals surface area contributed by atoms with Crippen molar-refractivity contribution in [2.24, 2.45) is 0 Å². The SMILES string of the molecule is CC#CC1COc2c(Cl)c(-c3ccc(F)c4sc(N)c(C#N)c34)c(F)c3nc(OC[C@@]45CCCN4C[C@H](F)C5)nc(c23)N1CC(F)F. The average molecular weight is 689 g/mol. The maximum absolute atomic E-state index is 17.0. The zero-order valence-electron chi connectivity index (χ0n) is 24.8. The van der Waals surface area contributed by atoms with Gasteiger partial charge in [0, 0.05) is 23.9 Å². The van der Waals surface area contributed by atoms with E-state index in [1.165, 1.54) is 11.0 Å². The number of nitrogens with zero attached hydrogens (tertiary/aromatic N) is 5. The zero-order chi connectivity index (χ0) is 33.2. The van der Waals surface area contributed by atoms with Crippen LogP contribution >= 0.6 is 22.9 Å². The molecule has 8 nitrogen and oxygen atoms in total. The van der Waals surface area contributed by atoms with E-state index in [2.05, 4.69) is 21.8 Å². The number of fused-ring (bicyclic) bond motifs is 2. The molecular formula is C32H26ClF5N6O2S. The summed E-state index contributed by atoms with van der Waals surface area (Å²) in [6.07, 6.45) is -2.09. The molecule has 1 unspecified atom stereocenters. The fourth-order valence-corrected chi connectivity index (χ4v) is 8.37. The highest BCUT2D eigenvalue weighted by atomic mass is 35.5. The molecule has 0 bridgehead atoms. The van der Waals surface area contributed by atoms with Gasteiger partial charge in [-0.3, -0.25) is 4.90 Å². The minimum Gasteiger partial charge on any atom is -0.488 e. The number of hydrogen-bond acceptors (Lipinski definition) is 9. The van der Waals surface area contributed by atoms with E-state index in [-0.39, 0.29) is 91.5 Å². The summed E-state index contributed by atoms with van der Waals surface area (Å²) in [7, 11) is 0. The molecule has 2 fully saturated rings. The van der Waals surface area contributed by atoms with Crippen LogP contribution in [0, 0.1) is 34.8 Å². The Labute approximate surface area is 274 Å². The van der Waals surface area contributed by atoms with Crippen LogP contribution in [0.4, 0.5) is 32.8 Å². The fourth-order valence-electron chi connectivity index (χ4n) is 7.08. The third-order valence-electron chi connectivity index (χ3n) is 9.05. The first-order valence-electron chi connectivity index (χ1n) is 14.8. The lowest BCUT2D eigenvalue weighted by Gasteiger charge is -2.31. The minimum atomic E-state index is -2.83. The van der Waals surface area contributed by atoms with Crippen LogP contribution < -0.4 is 20.1 Å². The summed E-state index contributed by atoms with van der Waals surface area (Å²) in [6.45, 7) is 1.44. The number of aromatic nitrogens is 2. The average Bonchev–Trinajstić information content (AvgIpc) is 3.65. The van der Waals surface area contributed by atoms with Gasteiger partial charge in [-0.05, 0) is 37.9 Å². The molecule has 244 valence electrons. The van der Waals surface area contributed by atoms with E-state index < -0.39 is 42.4 Å². The number of nitriles is 1. The minimum absolute atomic E-state index is 0.00484. The molecule has 2 N–H and O–H groups in total. The zero-order valence-corrected chi connectivity index (χ0v) is 26.4. The van der Waals surface area contributed by atoms with E-state index in [1.54, 1.807) is 6.92 Å². The number of benzene rings is 2. The van der Waals surface area contributed by atoms with Gasteiger partial charge in [0.1, 0.15) is 53.6 Å². The second-order valence-corrected chi connectivity index (χ2v) is 13.2. The van der Waals surface area contributed by atoms with Crippen molar-refractivity contribution in [3.8, 4) is 40.8 Å². The summed E-state index contributed by atoms with van der Waals surface area (Å²) in [6, 6.07) is 3.08. The monoisotopic (exact) mass is 688 g/mol. The Balaban J connectivity index is 1.48. The number of thiophene rings is 1. The van der Waals surface area contributed by atoms with Gasteiger partial charge in [-0.15, -0.1) is 17.3 Å².